The fourth-order valence-electron chi connectivity index (χ4n) is 1.82. The van der Waals surface area contributed by atoms with E-state index in [1.54, 1.807) is 6.20 Å². The molecule has 0 saturated heterocycles. The number of aromatic nitrogens is 1. The van der Waals surface area contributed by atoms with Gasteiger partial charge in [-0.3, -0.25) is 0 Å². The van der Waals surface area contributed by atoms with E-state index in [9.17, 15) is 0 Å². The maximum Gasteiger partial charge on any atom is 0.217 e. The highest BCUT2D eigenvalue weighted by molar-refractivity contribution is 5.39. The number of hydrogen-bond acceptors (Lipinski definition) is 2. The lowest BCUT2D eigenvalue weighted by Crippen LogP contribution is -2.29. The molecule has 0 radical (unpaired) electrons. The zero-order valence-corrected chi connectivity index (χ0v) is 7.95. The van der Waals surface area contributed by atoms with E-state index in [2.05, 4.69) is 25.4 Å². The molecule has 0 aromatic carbocycles. The summed E-state index contributed by atoms with van der Waals surface area (Å²) in [7, 11) is 0. The van der Waals surface area contributed by atoms with Gasteiger partial charge in [-0.1, -0.05) is 12.1 Å². The van der Waals surface area contributed by atoms with Crippen molar-refractivity contribution in [2.75, 3.05) is 0 Å². The predicted molar refractivity (Wildman–Crippen MR) is 51.9 cm³/mol. The van der Waals surface area contributed by atoms with Gasteiger partial charge in [-0.05, 0) is 19.9 Å². The molecule has 0 spiro atoms. The Hall–Kier alpha value is -1.31. The van der Waals surface area contributed by atoms with Crippen LogP contribution in [0.15, 0.2) is 31.0 Å². The van der Waals surface area contributed by atoms with Crippen molar-refractivity contribution in [3.05, 3.63) is 36.5 Å². The molecule has 2 heterocycles. The van der Waals surface area contributed by atoms with E-state index < -0.39 is 0 Å². The molecule has 1 aliphatic heterocycles. The van der Waals surface area contributed by atoms with Crippen molar-refractivity contribution < 1.29 is 4.74 Å². The molecule has 68 valence electrons. The molecule has 0 amide bonds. The molecule has 13 heavy (non-hydrogen) atoms. The quantitative estimate of drug-likeness (QED) is 0.612. The minimum absolute atomic E-state index is 0.210. The van der Waals surface area contributed by atoms with Crippen molar-refractivity contribution >= 4 is 0 Å². The summed E-state index contributed by atoms with van der Waals surface area (Å²) in [5, 5.41) is 0. The van der Waals surface area contributed by atoms with E-state index >= 15 is 0 Å². The molecule has 0 fully saturated rings. The fraction of sp³-hybridized carbons (Fsp3) is 0.364. The number of ether oxygens (including phenoxy) is 1. The smallest absolute Gasteiger partial charge is 0.217 e. The zero-order valence-electron chi connectivity index (χ0n) is 7.95. The monoisotopic (exact) mass is 175 g/mol. The molecule has 2 nitrogen and oxygen atoms in total. The van der Waals surface area contributed by atoms with Gasteiger partial charge < -0.3 is 4.74 Å². The number of rotatable bonds is 1. The predicted octanol–water partition coefficient (Wildman–Crippen LogP) is 2.52. The summed E-state index contributed by atoms with van der Waals surface area (Å²) in [5.41, 5.74) is 0.931. The molecular weight excluding hydrogens is 162 g/mol. The van der Waals surface area contributed by atoms with Crippen LogP contribution in [0.2, 0.25) is 0 Å². The maximum absolute atomic E-state index is 5.72. The number of pyridine rings is 1. The second kappa shape index (κ2) is 2.59. The van der Waals surface area contributed by atoms with Crippen molar-refractivity contribution in [2.24, 2.45) is 0 Å². The maximum atomic E-state index is 5.72. The molecule has 2 heteroatoms. The molecule has 0 bridgehead atoms. The summed E-state index contributed by atoms with van der Waals surface area (Å²) >= 11 is 0. The number of fused-ring (bicyclic) bond motifs is 1. The van der Waals surface area contributed by atoms with Crippen LogP contribution < -0.4 is 4.74 Å². The van der Waals surface area contributed by atoms with Crippen molar-refractivity contribution in [1.29, 1.82) is 0 Å². The van der Waals surface area contributed by atoms with Crippen LogP contribution in [0.25, 0.3) is 0 Å². The van der Waals surface area contributed by atoms with E-state index in [1.165, 1.54) is 0 Å². The highest BCUT2D eigenvalue weighted by Crippen LogP contribution is 2.43. The van der Waals surface area contributed by atoms with Crippen LogP contribution in [0.3, 0.4) is 0 Å². The summed E-state index contributed by atoms with van der Waals surface area (Å²) in [6, 6.07) is 3.98. The Morgan fingerprint density at radius 3 is 3.08 bits per heavy atom. The lowest BCUT2D eigenvalue weighted by molar-refractivity contribution is 0.119. The van der Waals surface area contributed by atoms with Gasteiger partial charge in [-0.25, -0.2) is 4.98 Å². The van der Waals surface area contributed by atoms with Crippen molar-refractivity contribution in [1.82, 2.24) is 4.98 Å². The van der Waals surface area contributed by atoms with Crippen LogP contribution in [-0.2, 0) is 0 Å². The standard InChI is InChI=1S/C11H13NO/c1-4-9-8-6-5-7-12-10(8)13-11(9,2)3/h4-7,9H,1H2,2-3H3/t9-/m1/s1. The number of hydrogen-bond donors (Lipinski definition) is 0. The minimum atomic E-state index is -0.210. The average molecular weight is 175 g/mol. The third-order valence-electron chi connectivity index (χ3n) is 2.48. The van der Waals surface area contributed by atoms with Gasteiger partial charge >= 0.3 is 0 Å². The van der Waals surface area contributed by atoms with E-state index in [4.69, 9.17) is 4.74 Å². The fourth-order valence-corrected chi connectivity index (χ4v) is 1.82. The van der Waals surface area contributed by atoms with E-state index in [-0.39, 0.29) is 11.5 Å². The Morgan fingerprint density at radius 2 is 2.38 bits per heavy atom. The van der Waals surface area contributed by atoms with Crippen molar-refractivity contribution in [2.45, 2.75) is 25.4 Å². The van der Waals surface area contributed by atoms with Crippen LogP contribution in [0.5, 0.6) is 5.88 Å². The van der Waals surface area contributed by atoms with E-state index in [0.29, 0.717) is 0 Å². The number of nitrogens with zero attached hydrogens (tertiary/aromatic N) is 1. The third-order valence-corrected chi connectivity index (χ3v) is 2.48. The first-order valence-electron chi connectivity index (χ1n) is 4.41. The Kier molecular flexibility index (Phi) is 1.65. The molecule has 0 unspecified atom stereocenters. The molecule has 0 aliphatic carbocycles. The Labute approximate surface area is 78.3 Å². The molecule has 2 rings (SSSR count). The first kappa shape index (κ1) is 8.30. The van der Waals surface area contributed by atoms with Gasteiger partial charge in [-0.2, -0.15) is 0 Å². The molecular formula is C11H13NO. The normalized spacial score (nSPS) is 23.4. The van der Waals surface area contributed by atoms with Gasteiger partial charge in [0.05, 0.1) is 0 Å². The second-order valence-electron chi connectivity index (χ2n) is 3.82. The van der Waals surface area contributed by atoms with Gasteiger partial charge in [0.1, 0.15) is 5.60 Å². The van der Waals surface area contributed by atoms with Gasteiger partial charge in [0.15, 0.2) is 0 Å². The topological polar surface area (TPSA) is 22.1 Å². The van der Waals surface area contributed by atoms with E-state index in [1.807, 2.05) is 18.2 Å². The Bertz CT molecular complexity index is 344. The summed E-state index contributed by atoms with van der Waals surface area (Å²) in [4.78, 5) is 4.18. The van der Waals surface area contributed by atoms with Crippen LogP contribution in [0.1, 0.15) is 25.3 Å². The highest BCUT2D eigenvalue weighted by Gasteiger charge is 2.39. The molecule has 1 aromatic rings. The molecule has 1 aromatic heterocycles. The highest BCUT2D eigenvalue weighted by atomic mass is 16.5. The summed E-state index contributed by atoms with van der Waals surface area (Å²) in [6.07, 6.45) is 3.67. The first-order valence-corrected chi connectivity index (χ1v) is 4.41. The van der Waals surface area contributed by atoms with E-state index in [0.717, 1.165) is 11.4 Å². The molecule has 1 atom stereocenters. The molecule has 0 saturated carbocycles. The SMILES string of the molecule is C=C[C@@H]1c2cccnc2OC1(C)C. The zero-order chi connectivity index (χ0) is 9.47. The van der Waals surface area contributed by atoms with Gasteiger partial charge in [0.25, 0.3) is 0 Å². The first-order chi connectivity index (χ1) is 6.15. The average Bonchev–Trinajstić information content (AvgIpc) is 2.33. The van der Waals surface area contributed by atoms with Crippen LogP contribution in [0.4, 0.5) is 0 Å². The molecule has 0 N–H and O–H groups in total. The van der Waals surface area contributed by atoms with Crippen LogP contribution in [-0.4, -0.2) is 10.6 Å². The largest absolute Gasteiger partial charge is 0.470 e. The summed E-state index contributed by atoms with van der Waals surface area (Å²) in [6.45, 7) is 7.94. The van der Waals surface area contributed by atoms with Gasteiger partial charge in [0.2, 0.25) is 5.88 Å². The van der Waals surface area contributed by atoms with Crippen molar-refractivity contribution in [3.63, 3.8) is 0 Å². The van der Waals surface area contributed by atoms with Crippen LogP contribution in [0, 0.1) is 0 Å². The second-order valence-corrected chi connectivity index (χ2v) is 3.82. The Morgan fingerprint density at radius 1 is 1.62 bits per heavy atom. The summed E-state index contributed by atoms with van der Waals surface area (Å²) < 4.78 is 5.72. The van der Waals surface area contributed by atoms with Gasteiger partial charge in [-0.15, -0.1) is 6.58 Å². The van der Waals surface area contributed by atoms with Gasteiger partial charge in [0, 0.05) is 17.7 Å². The Balaban J connectivity index is 2.52. The van der Waals surface area contributed by atoms with Crippen LogP contribution >= 0.6 is 0 Å². The lowest BCUT2D eigenvalue weighted by atomic mass is 9.88. The molecule has 1 aliphatic rings. The summed E-state index contributed by atoms with van der Waals surface area (Å²) in [5.74, 6) is 0.994. The lowest BCUT2D eigenvalue weighted by Gasteiger charge is -2.23. The third kappa shape index (κ3) is 1.13. The van der Waals surface area contributed by atoms with Crippen molar-refractivity contribution in [3.8, 4) is 5.88 Å². The minimum Gasteiger partial charge on any atom is -0.470 e.